The van der Waals surface area contributed by atoms with Gasteiger partial charge in [0, 0.05) is 58.9 Å². The van der Waals surface area contributed by atoms with Crippen LogP contribution in [0.3, 0.4) is 0 Å². The van der Waals surface area contributed by atoms with Crippen molar-refractivity contribution in [3.05, 3.63) is 11.6 Å². The summed E-state index contributed by atoms with van der Waals surface area (Å²) < 4.78 is 0. The predicted molar refractivity (Wildman–Crippen MR) is 178 cm³/mol. The van der Waals surface area contributed by atoms with Crippen molar-refractivity contribution in [1.29, 1.82) is 0 Å². The maximum absolute atomic E-state index is 2.40. The first kappa shape index (κ1) is 37.5. The Morgan fingerprint density at radius 3 is 1.18 bits per heavy atom. The van der Waals surface area contributed by atoms with Crippen molar-refractivity contribution in [2.45, 2.75) is 52.9 Å². The van der Waals surface area contributed by atoms with Crippen molar-refractivity contribution in [2.24, 2.45) is 11.8 Å². The highest BCUT2D eigenvalue weighted by Crippen LogP contribution is 2.13. The van der Waals surface area contributed by atoms with E-state index < -0.39 is 0 Å². The van der Waals surface area contributed by atoms with Gasteiger partial charge in [0.15, 0.2) is 0 Å². The van der Waals surface area contributed by atoms with Crippen LogP contribution in [0.2, 0.25) is 0 Å². The number of likely N-dealkylation sites (N-methyl/N-ethyl adjacent to an activating group) is 5. The van der Waals surface area contributed by atoms with E-state index in [1.165, 1.54) is 117 Å². The molecule has 7 heteroatoms. The molecule has 0 spiro atoms. The van der Waals surface area contributed by atoms with Gasteiger partial charge in [-0.25, -0.2) is 0 Å². The van der Waals surface area contributed by atoms with Gasteiger partial charge < -0.3 is 34.3 Å². The van der Waals surface area contributed by atoms with E-state index >= 15 is 0 Å². The summed E-state index contributed by atoms with van der Waals surface area (Å²) in [6.45, 7) is 24.4. The lowest BCUT2D eigenvalue weighted by atomic mass is 10.00. The summed E-state index contributed by atoms with van der Waals surface area (Å²) >= 11 is 0. The van der Waals surface area contributed by atoms with Crippen molar-refractivity contribution in [2.75, 3.05) is 141 Å². The molecule has 5 aliphatic heterocycles. The fourth-order valence-electron chi connectivity index (χ4n) is 5.25. The van der Waals surface area contributed by atoms with Crippen molar-refractivity contribution in [3.8, 4) is 0 Å². The average molecular weight is 566 g/mol. The molecule has 1 atom stereocenters. The lowest BCUT2D eigenvalue weighted by Crippen LogP contribution is -2.42. The summed E-state index contributed by atoms with van der Waals surface area (Å²) in [6.07, 6.45) is 9.08. The van der Waals surface area contributed by atoms with E-state index in [0.29, 0.717) is 0 Å². The molecule has 0 aromatic rings. The summed E-state index contributed by atoms with van der Waals surface area (Å²) in [5.41, 5.74) is 1.54. The SMILES string of the molecule is CC1=CCN(C)CC1.CC1CCN(C)CC1.CN1CCCN(C)CC1.CN1CCN(C)CC1.C[C@@H]1CCN(C)C1. The highest BCUT2D eigenvalue weighted by atomic mass is 15.2. The van der Waals surface area contributed by atoms with E-state index in [-0.39, 0.29) is 0 Å². The molecule has 0 aliphatic carbocycles. The Hall–Kier alpha value is -0.540. The summed E-state index contributed by atoms with van der Waals surface area (Å²) in [7, 11) is 15.3. The number of piperidine rings is 1. The Bertz CT molecular complexity index is 568. The van der Waals surface area contributed by atoms with Gasteiger partial charge in [-0.05, 0) is 133 Å². The van der Waals surface area contributed by atoms with E-state index in [9.17, 15) is 0 Å². The van der Waals surface area contributed by atoms with Crippen LogP contribution in [0, 0.1) is 11.8 Å². The molecule has 0 radical (unpaired) electrons. The van der Waals surface area contributed by atoms with E-state index in [1.807, 2.05) is 0 Å². The van der Waals surface area contributed by atoms with Gasteiger partial charge in [-0.3, -0.25) is 0 Å². The summed E-state index contributed by atoms with van der Waals surface area (Å²) in [6, 6.07) is 0. The highest BCUT2D eigenvalue weighted by Gasteiger charge is 2.13. The smallest absolute Gasteiger partial charge is 0.0162 e. The molecule has 238 valence electrons. The van der Waals surface area contributed by atoms with Crippen LogP contribution in [-0.2, 0) is 0 Å². The summed E-state index contributed by atoms with van der Waals surface area (Å²) in [4.78, 5) is 16.6. The van der Waals surface area contributed by atoms with Crippen LogP contribution in [0.25, 0.3) is 0 Å². The predicted octanol–water partition coefficient (Wildman–Crippen LogP) is 3.69. The Balaban J connectivity index is 0.000000250. The average Bonchev–Trinajstić information content (AvgIpc) is 3.20. The molecule has 0 unspecified atom stereocenters. The van der Waals surface area contributed by atoms with Gasteiger partial charge in [-0.2, -0.15) is 0 Å². The first-order chi connectivity index (χ1) is 18.9. The first-order valence-corrected chi connectivity index (χ1v) is 16.4. The van der Waals surface area contributed by atoms with Crippen molar-refractivity contribution in [3.63, 3.8) is 0 Å². The fourth-order valence-corrected chi connectivity index (χ4v) is 5.25. The Labute approximate surface area is 251 Å². The van der Waals surface area contributed by atoms with Crippen LogP contribution in [0.5, 0.6) is 0 Å². The molecule has 4 fully saturated rings. The molecule has 4 saturated heterocycles. The van der Waals surface area contributed by atoms with Gasteiger partial charge in [0.25, 0.3) is 0 Å². The summed E-state index contributed by atoms with van der Waals surface area (Å²) in [5.74, 6) is 1.93. The third kappa shape index (κ3) is 20.4. The van der Waals surface area contributed by atoms with Gasteiger partial charge in [-0.15, -0.1) is 0 Å². The van der Waals surface area contributed by atoms with Gasteiger partial charge >= 0.3 is 0 Å². The topological polar surface area (TPSA) is 22.7 Å². The number of nitrogens with zero attached hydrogens (tertiary/aromatic N) is 7. The van der Waals surface area contributed by atoms with Gasteiger partial charge in [0.05, 0.1) is 0 Å². The van der Waals surface area contributed by atoms with Crippen LogP contribution >= 0.6 is 0 Å². The van der Waals surface area contributed by atoms with Gasteiger partial charge in [-0.1, -0.05) is 25.5 Å². The number of piperazine rings is 1. The zero-order valence-electron chi connectivity index (χ0n) is 28.8. The monoisotopic (exact) mass is 566 g/mol. The Kier molecular flexibility index (Phi) is 20.7. The maximum atomic E-state index is 2.40. The molecule has 5 heterocycles. The van der Waals surface area contributed by atoms with E-state index in [1.54, 1.807) is 5.57 Å². The van der Waals surface area contributed by atoms with Crippen molar-refractivity contribution < 1.29 is 0 Å². The van der Waals surface area contributed by atoms with Crippen LogP contribution < -0.4 is 0 Å². The third-order valence-electron chi connectivity index (χ3n) is 8.94. The highest BCUT2D eigenvalue weighted by molar-refractivity contribution is 5.02. The minimum Gasteiger partial charge on any atom is -0.306 e. The third-order valence-corrected chi connectivity index (χ3v) is 8.94. The van der Waals surface area contributed by atoms with Gasteiger partial charge in [0.2, 0.25) is 0 Å². The maximum Gasteiger partial charge on any atom is 0.0162 e. The van der Waals surface area contributed by atoms with Gasteiger partial charge in [0.1, 0.15) is 0 Å². The molecule has 0 N–H and O–H groups in total. The number of likely N-dealkylation sites (tertiary alicyclic amines) is 2. The van der Waals surface area contributed by atoms with E-state index in [0.717, 1.165) is 18.4 Å². The zero-order chi connectivity index (χ0) is 29.9. The minimum absolute atomic E-state index is 0.949. The molecule has 40 heavy (non-hydrogen) atoms. The number of hydrogen-bond acceptors (Lipinski definition) is 7. The molecular weight excluding hydrogens is 494 g/mol. The van der Waals surface area contributed by atoms with Crippen molar-refractivity contribution >= 4 is 0 Å². The Morgan fingerprint density at radius 1 is 0.475 bits per heavy atom. The second kappa shape index (κ2) is 22.1. The summed E-state index contributed by atoms with van der Waals surface area (Å²) in [5, 5.41) is 0. The standard InChI is InChI=1S/C7H16N2.C7H15N.C7H13N.C6H14N2.C6H13N/c1-8-4-3-5-9(2)7-6-8;3*1-7-3-5-8(2)6-4-7;1-6-3-4-7(2)5-6/h3-7H2,1-2H3;7H,3-6H2,1-2H3;3H,4-6H2,1-2H3;3-6H2,1-2H3;6H,3-5H2,1-2H3/t;;;;6-/m....1/s1. The lowest BCUT2D eigenvalue weighted by molar-refractivity contribution is 0.181. The molecule has 5 aliphatic rings. The normalized spacial score (nSPS) is 26.9. The molecule has 0 amide bonds. The lowest BCUT2D eigenvalue weighted by Gasteiger charge is -2.28. The van der Waals surface area contributed by atoms with Crippen LogP contribution in [0.1, 0.15) is 52.9 Å². The number of rotatable bonds is 0. The van der Waals surface area contributed by atoms with E-state index in [4.69, 9.17) is 0 Å². The minimum atomic E-state index is 0.949. The molecule has 0 saturated carbocycles. The first-order valence-electron chi connectivity index (χ1n) is 16.4. The largest absolute Gasteiger partial charge is 0.306 e. The van der Waals surface area contributed by atoms with Crippen molar-refractivity contribution in [1.82, 2.24) is 34.3 Å². The van der Waals surface area contributed by atoms with Crippen LogP contribution in [0.15, 0.2) is 11.6 Å². The zero-order valence-corrected chi connectivity index (χ0v) is 28.8. The number of hydrogen-bond donors (Lipinski definition) is 0. The van der Waals surface area contributed by atoms with E-state index in [2.05, 4.69) is 110 Å². The molecule has 0 bridgehead atoms. The molecule has 7 nitrogen and oxygen atoms in total. The quantitative estimate of drug-likeness (QED) is 0.413. The van der Waals surface area contributed by atoms with Crippen LogP contribution in [-0.4, -0.2) is 175 Å². The van der Waals surface area contributed by atoms with Crippen LogP contribution in [0.4, 0.5) is 0 Å². The molecule has 0 aromatic carbocycles. The molecule has 0 aromatic heterocycles. The second-order valence-corrected chi connectivity index (χ2v) is 13.8. The fraction of sp³-hybridized carbons (Fsp3) is 0.939. The molecule has 5 rings (SSSR count). The second-order valence-electron chi connectivity index (χ2n) is 13.8. The Morgan fingerprint density at radius 2 is 0.875 bits per heavy atom. The molecular formula is C33H71N7.